The Morgan fingerprint density at radius 3 is 2.32 bits per heavy atom. The van der Waals surface area contributed by atoms with E-state index >= 15 is 0 Å². The molecule has 1 aromatic carbocycles. The molecule has 2 aromatic rings. The van der Waals surface area contributed by atoms with Gasteiger partial charge in [-0.25, -0.2) is 4.98 Å². The van der Waals surface area contributed by atoms with E-state index in [9.17, 15) is 9.59 Å². The number of oxime groups is 1. The summed E-state index contributed by atoms with van der Waals surface area (Å²) in [5.74, 6) is 0.999. The van der Waals surface area contributed by atoms with Crippen LogP contribution in [0.5, 0.6) is 0 Å². The van der Waals surface area contributed by atoms with E-state index in [4.69, 9.17) is 10.6 Å². The van der Waals surface area contributed by atoms with Gasteiger partial charge in [0.05, 0.1) is 11.0 Å². The SMILES string of the molecule is CCON=C(C(N)=O)c1nc2ccccc2n(C2CC3CCCC(C2)N3C2CC3CCCC(C3)C2)c1=O. The standard InChI is InChI=1S/C29H39N5O3/c1-2-37-32-26(28(30)35)27-29(36)34(25-12-4-3-11-24(25)31-27)23-16-20-9-6-10-21(17-23)33(20)22-14-18-7-5-8-19(13-18)15-22/h3-4,11-12,18-23H,2,5-10,13-17H2,1H3,(H2,30,35). The van der Waals surface area contributed by atoms with Crippen LogP contribution in [-0.2, 0) is 9.63 Å². The van der Waals surface area contributed by atoms with Crippen molar-refractivity contribution in [1.29, 1.82) is 0 Å². The lowest BCUT2D eigenvalue weighted by Gasteiger charge is -2.55. The molecule has 4 aliphatic rings. The van der Waals surface area contributed by atoms with Crippen LogP contribution in [0.15, 0.2) is 34.2 Å². The zero-order chi connectivity index (χ0) is 25.5. The molecule has 2 saturated heterocycles. The monoisotopic (exact) mass is 505 g/mol. The highest BCUT2D eigenvalue weighted by atomic mass is 16.6. The van der Waals surface area contributed by atoms with Crippen molar-refractivity contribution in [3.8, 4) is 0 Å². The molecule has 37 heavy (non-hydrogen) atoms. The predicted molar refractivity (Wildman–Crippen MR) is 143 cm³/mol. The zero-order valence-electron chi connectivity index (χ0n) is 21.8. The predicted octanol–water partition coefficient (Wildman–Crippen LogP) is 4.15. The first-order chi connectivity index (χ1) is 18.0. The third-order valence-corrected chi connectivity index (χ3v) is 9.43. The fourth-order valence-corrected chi connectivity index (χ4v) is 8.14. The lowest BCUT2D eigenvalue weighted by atomic mass is 9.68. The number of amides is 1. The second-order valence-corrected chi connectivity index (χ2v) is 11.7. The second kappa shape index (κ2) is 10.2. The zero-order valence-corrected chi connectivity index (χ0v) is 21.8. The summed E-state index contributed by atoms with van der Waals surface area (Å²) in [7, 11) is 0. The number of benzene rings is 1. The highest BCUT2D eigenvalue weighted by molar-refractivity contribution is 6.44. The molecular weight excluding hydrogens is 466 g/mol. The number of nitrogens with zero attached hydrogens (tertiary/aromatic N) is 4. The summed E-state index contributed by atoms with van der Waals surface area (Å²) in [6.07, 6.45) is 13.9. The van der Waals surface area contributed by atoms with Gasteiger partial charge in [-0.2, -0.15) is 0 Å². The average molecular weight is 506 g/mol. The Balaban J connectivity index is 1.37. The van der Waals surface area contributed by atoms with Crippen molar-refractivity contribution < 1.29 is 9.63 Å². The van der Waals surface area contributed by atoms with E-state index in [-0.39, 0.29) is 29.6 Å². The topological polar surface area (TPSA) is 103 Å². The summed E-state index contributed by atoms with van der Waals surface area (Å²) in [5.41, 5.74) is 6.55. The van der Waals surface area contributed by atoms with Gasteiger partial charge in [0.2, 0.25) is 0 Å². The van der Waals surface area contributed by atoms with E-state index in [0.29, 0.717) is 23.6 Å². The van der Waals surface area contributed by atoms with Crippen molar-refractivity contribution in [1.82, 2.24) is 14.5 Å². The largest absolute Gasteiger partial charge is 0.395 e. The van der Waals surface area contributed by atoms with E-state index in [1.54, 1.807) is 6.92 Å². The number of nitrogens with two attached hydrogens (primary N) is 1. The van der Waals surface area contributed by atoms with Crippen LogP contribution in [-0.4, -0.2) is 50.8 Å². The number of para-hydroxylation sites is 2. The molecule has 8 heteroatoms. The average Bonchev–Trinajstić information content (AvgIpc) is 2.88. The molecule has 0 spiro atoms. The molecule has 4 bridgehead atoms. The van der Waals surface area contributed by atoms with Crippen LogP contribution in [0.1, 0.15) is 89.3 Å². The molecule has 1 aromatic heterocycles. The Labute approximate surface area is 218 Å². The minimum atomic E-state index is -0.811. The number of primary amides is 1. The maximum atomic E-state index is 14.0. The fraction of sp³-hybridized carbons (Fsp3) is 0.655. The van der Waals surface area contributed by atoms with Gasteiger partial charge in [-0.3, -0.25) is 14.5 Å². The highest BCUT2D eigenvalue weighted by Crippen LogP contribution is 2.47. The maximum Gasteiger partial charge on any atom is 0.279 e. The Morgan fingerprint density at radius 1 is 0.973 bits per heavy atom. The molecule has 0 radical (unpaired) electrons. The molecule has 198 valence electrons. The molecule has 4 unspecified atom stereocenters. The van der Waals surface area contributed by atoms with Gasteiger partial charge in [-0.05, 0) is 75.8 Å². The van der Waals surface area contributed by atoms with E-state index in [2.05, 4.69) is 15.0 Å². The molecule has 1 amide bonds. The second-order valence-electron chi connectivity index (χ2n) is 11.7. The van der Waals surface area contributed by atoms with Gasteiger partial charge in [-0.15, -0.1) is 0 Å². The summed E-state index contributed by atoms with van der Waals surface area (Å²) in [6, 6.07) is 9.42. The Hall–Kier alpha value is -2.74. The molecular formula is C29H39N5O3. The minimum absolute atomic E-state index is 0.0210. The lowest BCUT2D eigenvalue weighted by Crippen LogP contribution is -2.58. The van der Waals surface area contributed by atoms with E-state index in [0.717, 1.165) is 30.2 Å². The number of rotatable bonds is 6. The molecule has 8 nitrogen and oxygen atoms in total. The number of fused-ring (bicyclic) bond motifs is 5. The van der Waals surface area contributed by atoms with Crippen LogP contribution >= 0.6 is 0 Å². The van der Waals surface area contributed by atoms with Crippen molar-refractivity contribution in [2.24, 2.45) is 22.7 Å². The Kier molecular flexibility index (Phi) is 6.78. The van der Waals surface area contributed by atoms with Crippen LogP contribution < -0.4 is 11.3 Å². The van der Waals surface area contributed by atoms with Crippen molar-refractivity contribution >= 4 is 22.7 Å². The Bertz CT molecular complexity index is 1230. The number of carbonyl (C=O) groups excluding carboxylic acids is 1. The van der Waals surface area contributed by atoms with Gasteiger partial charge in [0, 0.05) is 24.2 Å². The molecule has 4 atom stereocenters. The van der Waals surface area contributed by atoms with Crippen molar-refractivity contribution in [3.63, 3.8) is 0 Å². The highest BCUT2D eigenvalue weighted by Gasteiger charge is 2.45. The molecule has 2 aliphatic carbocycles. The summed E-state index contributed by atoms with van der Waals surface area (Å²) in [4.78, 5) is 38.8. The maximum absolute atomic E-state index is 14.0. The van der Waals surface area contributed by atoms with Gasteiger partial charge in [0.15, 0.2) is 11.4 Å². The molecule has 4 fully saturated rings. The molecule has 2 aliphatic heterocycles. The number of carbonyl (C=O) groups is 1. The number of aromatic nitrogens is 2. The summed E-state index contributed by atoms with van der Waals surface area (Å²) in [6.45, 7) is 2.03. The van der Waals surface area contributed by atoms with Crippen molar-refractivity contribution in [2.45, 2.75) is 102 Å². The lowest BCUT2D eigenvalue weighted by molar-refractivity contribution is -0.112. The Morgan fingerprint density at radius 2 is 1.65 bits per heavy atom. The van der Waals surface area contributed by atoms with Crippen LogP contribution in [0.25, 0.3) is 11.0 Å². The normalized spacial score (nSPS) is 32.3. The molecule has 3 heterocycles. The first-order valence-electron chi connectivity index (χ1n) is 14.3. The van der Waals surface area contributed by atoms with Crippen molar-refractivity contribution in [3.05, 3.63) is 40.3 Å². The fourth-order valence-electron chi connectivity index (χ4n) is 8.14. The smallest absolute Gasteiger partial charge is 0.279 e. The van der Waals surface area contributed by atoms with Gasteiger partial charge >= 0.3 is 0 Å². The molecule has 2 saturated carbocycles. The summed E-state index contributed by atoms with van der Waals surface area (Å²) < 4.78 is 1.89. The third-order valence-electron chi connectivity index (χ3n) is 9.43. The van der Waals surface area contributed by atoms with E-state index in [1.165, 1.54) is 57.8 Å². The minimum Gasteiger partial charge on any atom is -0.395 e. The van der Waals surface area contributed by atoms with Gasteiger partial charge in [-0.1, -0.05) is 43.0 Å². The van der Waals surface area contributed by atoms with E-state index in [1.807, 2.05) is 28.8 Å². The van der Waals surface area contributed by atoms with Gasteiger partial charge in [0.25, 0.3) is 11.5 Å². The number of piperidine rings is 2. The quantitative estimate of drug-likeness (QED) is 0.469. The first kappa shape index (κ1) is 24.6. The third kappa shape index (κ3) is 4.58. The van der Waals surface area contributed by atoms with E-state index < -0.39 is 5.91 Å². The van der Waals surface area contributed by atoms with Crippen LogP contribution in [0, 0.1) is 11.8 Å². The van der Waals surface area contributed by atoms with Crippen LogP contribution in [0.4, 0.5) is 0 Å². The van der Waals surface area contributed by atoms with Crippen LogP contribution in [0.3, 0.4) is 0 Å². The number of hydrogen-bond donors (Lipinski definition) is 1. The molecule has 2 N–H and O–H groups in total. The van der Waals surface area contributed by atoms with Crippen LogP contribution in [0.2, 0.25) is 0 Å². The first-order valence-corrected chi connectivity index (χ1v) is 14.3. The number of hydrogen-bond acceptors (Lipinski definition) is 6. The summed E-state index contributed by atoms with van der Waals surface area (Å²) >= 11 is 0. The van der Waals surface area contributed by atoms with Gasteiger partial charge < -0.3 is 15.1 Å². The summed E-state index contributed by atoms with van der Waals surface area (Å²) in [5, 5.41) is 3.88. The van der Waals surface area contributed by atoms with Crippen molar-refractivity contribution in [2.75, 3.05) is 6.61 Å². The van der Waals surface area contributed by atoms with Gasteiger partial charge in [0.1, 0.15) is 6.61 Å². The molecule has 6 rings (SSSR count).